The molecule has 0 spiro atoms. The molecule has 2 amide bonds. The van der Waals surface area contributed by atoms with Gasteiger partial charge in [0.15, 0.2) is 22.7 Å². The number of amides is 2. The summed E-state index contributed by atoms with van der Waals surface area (Å²) in [5.41, 5.74) is -0.166. The molecule has 28 heteroatoms. The molecule has 22 nitrogen and oxygen atoms in total. The van der Waals surface area contributed by atoms with Crippen LogP contribution in [-0.2, 0) is 12.4 Å². The number of halogens is 6. The Hall–Kier alpha value is -8.60. The van der Waals surface area contributed by atoms with Crippen LogP contribution in [0.2, 0.25) is 0 Å². The third-order valence-corrected chi connectivity index (χ3v) is 15.0. The first-order chi connectivity index (χ1) is 40.1. The minimum absolute atomic E-state index is 0.0298. The number of nitrogens with zero attached hydrogens (tertiary/aromatic N) is 14. The molecular formula is C56H60F6N14O8. The number of rotatable bonds is 14. The lowest BCUT2D eigenvalue weighted by Crippen LogP contribution is -2.55. The summed E-state index contributed by atoms with van der Waals surface area (Å²) in [4.78, 5) is 60.3. The van der Waals surface area contributed by atoms with Crippen LogP contribution in [0.4, 0.5) is 26.3 Å². The third kappa shape index (κ3) is 12.0. The first kappa shape index (κ1) is 60.0. The normalized spacial score (nSPS) is 17.0. The highest BCUT2D eigenvalue weighted by Crippen LogP contribution is 2.39. The van der Waals surface area contributed by atoms with Crippen molar-refractivity contribution in [2.24, 2.45) is 0 Å². The highest BCUT2D eigenvalue weighted by Gasteiger charge is 2.42. The molecule has 2 saturated heterocycles. The number of carbonyl (C=O) groups excluding carboxylic acids is 2. The summed E-state index contributed by atoms with van der Waals surface area (Å²) in [5.74, 6) is 0.140. The van der Waals surface area contributed by atoms with Crippen molar-refractivity contribution in [3.05, 3.63) is 130 Å². The van der Waals surface area contributed by atoms with Crippen LogP contribution < -0.4 is 18.9 Å². The number of piperazine rings is 2. The molecule has 8 heterocycles. The van der Waals surface area contributed by atoms with E-state index in [1.807, 2.05) is 23.6 Å². The number of aliphatic hydroxyl groups excluding tert-OH is 2. The number of alkyl halides is 6. The van der Waals surface area contributed by atoms with Crippen LogP contribution >= 0.6 is 0 Å². The zero-order chi connectivity index (χ0) is 60.4. The van der Waals surface area contributed by atoms with Crippen LogP contribution in [-0.4, -0.2) is 184 Å². The smallest absolute Gasteiger partial charge is 0.433 e. The van der Waals surface area contributed by atoms with E-state index in [1.54, 1.807) is 83.1 Å². The Balaban J connectivity index is 0.000000202. The van der Waals surface area contributed by atoms with Gasteiger partial charge in [-0.15, -0.1) is 0 Å². The molecule has 2 N–H and O–H groups in total. The van der Waals surface area contributed by atoms with Crippen molar-refractivity contribution in [1.29, 1.82) is 0 Å². The molecule has 10 rings (SSSR count). The van der Waals surface area contributed by atoms with Crippen molar-refractivity contribution in [3.63, 3.8) is 0 Å². The van der Waals surface area contributed by atoms with E-state index in [-0.39, 0.29) is 95.3 Å². The maximum Gasteiger partial charge on any atom is 0.433 e. The first-order valence-electron chi connectivity index (χ1n) is 26.4. The van der Waals surface area contributed by atoms with Crippen LogP contribution in [0.3, 0.4) is 0 Å². The van der Waals surface area contributed by atoms with Crippen molar-refractivity contribution < 1.29 is 65.1 Å². The van der Waals surface area contributed by atoms with E-state index in [1.165, 1.54) is 42.3 Å². The summed E-state index contributed by atoms with van der Waals surface area (Å²) < 4.78 is 108. The summed E-state index contributed by atoms with van der Waals surface area (Å²) in [6, 6.07) is 12.0. The van der Waals surface area contributed by atoms with E-state index in [0.29, 0.717) is 69.0 Å². The van der Waals surface area contributed by atoms with Crippen LogP contribution in [0.1, 0.15) is 80.3 Å². The number of fused-ring (bicyclic) bond motifs is 2. The predicted octanol–water partition coefficient (Wildman–Crippen LogP) is 6.82. The molecule has 4 atom stereocenters. The summed E-state index contributed by atoms with van der Waals surface area (Å²) in [6.45, 7) is 8.14. The van der Waals surface area contributed by atoms with E-state index >= 15 is 0 Å². The molecule has 84 heavy (non-hydrogen) atoms. The van der Waals surface area contributed by atoms with Gasteiger partial charge in [-0.25, -0.2) is 38.9 Å². The molecule has 0 saturated carbocycles. The Kier molecular flexibility index (Phi) is 17.6. The second-order valence-electron chi connectivity index (χ2n) is 20.0. The topological polar surface area (TPSA) is 236 Å². The largest absolute Gasteiger partial charge is 0.497 e. The summed E-state index contributed by atoms with van der Waals surface area (Å²) in [5, 5.41) is 28.2. The fourth-order valence-electron chi connectivity index (χ4n) is 10.7. The van der Waals surface area contributed by atoms with E-state index in [0.717, 1.165) is 12.4 Å². The maximum atomic E-state index is 14.3. The summed E-state index contributed by atoms with van der Waals surface area (Å²) >= 11 is 0. The van der Waals surface area contributed by atoms with Gasteiger partial charge in [-0.3, -0.25) is 19.4 Å². The molecule has 2 aromatic carbocycles. The lowest BCUT2D eigenvalue weighted by atomic mass is 10.0. The van der Waals surface area contributed by atoms with Gasteiger partial charge in [-0.1, -0.05) is 0 Å². The Labute approximate surface area is 477 Å². The number of aliphatic hydroxyl groups is 2. The Bertz CT molecular complexity index is 3390. The number of hydrogen-bond acceptors (Lipinski definition) is 18. The molecule has 2 aliphatic heterocycles. The highest BCUT2D eigenvalue weighted by atomic mass is 19.4. The molecule has 0 unspecified atom stereocenters. The zero-order valence-electron chi connectivity index (χ0n) is 46.9. The van der Waals surface area contributed by atoms with Gasteiger partial charge < -0.3 is 39.0 Å². The molecule has 6 aromatic heterocycles. The van der Waals surface area contributed by atoms with Crippen molar-refractivity contribution >= 4 is 23.1 Å². The number of methoxy groups -OCH3 is 4. The second-order valence-corrected chi connectivity index (χ2v) is 20.0. The molecule has 0 radical (unpaired) electrons. The van der Waals surface area contributed by atoms with Crippen LogP contribution in [0.25, 0.3) is 33.8 Å². The number of ether oxygens (including phenoxy) is 4. The van der Waals surface area contributed by atoms with Gasteiger partial charge in [0.05, 0.1) is 77.5 Å². The van der Waals surface area contributed by atoms with Crippen LogP contribution in [0, 0.1) is 13.8 Å². The van der Waals surface area contributed by atoms with Gasteiger partial charge in [-0.05, 0) is 76.2 Å². The van der Waals surface area contributed by atoms with E-state index < -0.39 is 47.6 Å². The Morgan fingerprint density at radius 3 is 1.18 bits per heavy atom. The van der Waals surface area contributed by atoms with Gasteiger partial charge in [0.1, 0.15) is 22.6 Å². The quantitative estimate of drug-likeness (QED) is 0.106. The molecule has 0 aliphatic carbocycles. The van der Waals surface area contributed by atoms with E-state index in [2.05, 4.69) is 40.1 Å². The number of hydrogen-bond donors (Lipinski definition) is 2. The molecule has 2 fully saturated rings. The highest BCUT2D eigenvalue weighted by molar-refractivity contribution is 6.01. The van der Waals surface area contributed by atoms with Crippen molar-refractivity contribution in [3.8, 4) is 46.0 Å². The Morgan fingerprint density at radius 1 is 0.548 bits per heavy atom. The minimum Gasteiger partial charge on any atom is -0.497 e. The van der Waals surface area contributed by atoms with Gasteiger partial charge in [0, 0.05) is 110 Å². The average molecular weight is 1170 g/mol. The fourth-order valence-corrected chi connectivity index (χ4v) is 10.7. The molecule has 2 aliphatic rings. The maximum absolute atomic E-state index is 14.3. The van der Waals surface area contributed by atoms with E-state index in [9.17, 15) is 46.1 Å². The summed E-state index contributed by atoms with van der Waals surface area (Å²) in [7, 11) is 5.91. The van der Waals surface area contributed by atoms with Crippen LogP contribution in [0.5, 0.6) is 23.5 Å². The van der Waals surface area contributed by atoms with E-state index in [4.69, 9.17) is 18.9 Å². The minimum atomic E-state index is -4.75. The molecule has 8 aromatic rings. The van der Waals surface area contributed by atoms with Crippen LogP contribution in [0.15, 0.2) is 85.7 Å². The van der Waals surface area contributed by atoms with Gasteiger partial charge in [0.2, 0.25) is 0 Å². The SMILES string of the molecule is COc1ccc(-c2nc3c(C(=O)N4CCN([C@@H](CO)c5cnc(OC)nc5)C[C@H]4C)cnn3c(C(F)(F)F)c2C)cc1.COc1ccc(-c2nc3c(C(=O)N4CCN([C@H](CO)c5cnc(OC)nc5)C[C@H]4C)cnn3c(C(F)(F)F)c2C)cc1. The number of carbonyl (C=O) groups is 2. The van der Waals surface area contributed by atoms with Gasteiger partial charge >= 0.3 is 24.4 Å². The predicted molar refractivity (Wildman–Crippen MR) is 290 cm³/mol. The van der Waals surface area contributed by atoms with Crippen molar-refractivity contribution in [2.45, 2.75) is 64.2 Å². The molecular weight excluding hydrogens is 1110 g/mol. The van der Waals surface area contributed by atoms with Gasteiger partial charge in [-0.2, -0.15) is 36.5 Å². The molecule has 444 valence electrons. The average Bonchev–Trinajstić information content (AvgIpc) is 1.95. The number of benzene rings is 2. The van der Waals surface area contributed by atoms with Gasteiger partial charge in [0.25, 0.3) is 11.8 Å². The van der Waals surface area contributed by atoms with Crippen molar-refractivity contribution in [1.82, 2.24) is 68.7 Å². The monoisotopic (exact) mass is 1170 g/mol. The van der Waals surface area contributed by atoms with Crippen molar-refractivity contribution in [2.75, 3.05) is 80.9 Å². The summed E-state index contributed by atoms with van der Waals surface area (Å²) in [6.07, 6.45) is -0.881. The lowest BCUT2D eigenvalue weighted by Gasteiger charge is -2.42. The standard InChI is InChI=1S/2C28H30F3N7O4/c2*1-16-14-36(22(15-39)19-11-32-27(42-4)33-12-19)9-10-37(16)26(40)21-13-34-38-24(28(29,30)31)17(2)23(35-25(21)38)18-5-7-20(41-3)8-6-18/h2*5-8,11-13,16,22,39H,9-10,14-15H2,1-4H3/t16-,22+;16-,22-/m11/s1. The third-order valence-electron chi connectivity index (χ3n) is 15.0. The fraction of sp³-hybridized carbons (Fsp3) is 0.393. The second kappa shape index (κ2) is 24.7. The number of aromatic nitrogens is 10. The first-order valence-corrected chi connectivity index (χ1v) is 26.4. The Morgan fingerprint density at radius 2 is 0.893 bits per heavy atom. The molecule has 0 bridgehead atoms. The zero-order valence-corrected chi connectivity index (χ0v) is 46.9. The lowest BCUT2D eigenvalue weighted by molar-refractivity contribution is -0.144.